The molecule has 2 saturated heterocycles. The van der Waals surface area contributed by atoms with E-state index in [9.17, 15) is 9.59 Å². The van der Waals surface area contributed by atoms with E-state index in [4.69, 9.17) is 10.5 Å². The van der Waals surface area contributed by atoms with Gasteiger partial charge in [0.25, 0.3) is 0 Å². The molecule has 2 amide bonds. The third-order valence-corrected chi connectivity index (χ3v) is 6.08. The van der Waals surface area contributed by atoms with Crippen LogP contribution in [0.2, 0.25) is 0 Å². The number of ether oxygens (including phenoxy) is 1. The van der Waals surface area contributed by atoms with Gasteiger partial charge < -0.3 is 15.4 Å². The summed E-state index contributed by atoms with van der Waals surface area (Å²) in [6, 6.07) is 7.42. The monoisotopic (exact) mass is 359 g/mol. The smallest absolute Gasteiger partial charge is 0.235 e. The highest BCUT2D eigenvalue weighted by molar-refractivity contribution is 5.81. The summed E-state index contributed by atoms with van der Waals surface area (Å²) in [7, 11) is 3.61. The zero-order valence-electron chi connectivity index (χ0n) is 15.7. The number of hydrogen-bond acceptors (Lipinski definition) is 4. The topological polar surface area (TPSA) is 75.9 Å². The lowest BCUT2D eigenvalue weighted by Gasteiger charge is -2.51. The van der Waals surface area contributed by atoms with E-state index < -0.39 is 0 Å². The number of rotatable bonds is 4. The average molecular weight is 359 g/mol. The fraction of sp³-hybridized carbons (Fsp3) is 0.600. The molecule has 1 aromatic rings. The number of nitrogens with zero attached hydrogens (tertiary/aromatic N) is 2. The Balaban J connectivity index is 1.63. The minimum atomic E-state index is -0.233. The number of nitrogens with two attached hydrogens (primary N) is 1. The van der Waals surface area contributed by atoms with E-state index in [0.29, 0.717) is 19.5 Å². The summed E-state index contributed by atoms with van der Waals surface area (Å²) in [5.74, 6) is 0.665. The lowest BCUT2D eigenvalue weighted by molar-refractivity contribution is -0.138. The first-order valence-electron chi connectivity index (χ1n) is 9.35. The van der Waals surface area contributed by atoms with Crippen molar-refractivity contribution in [2.24, 2.45) is 11.1 Å². The molecule has 2 N–H and O–H groups in total. The van der Waals surface area contributed by atoms with Crippen LogP contribution in [-0.2, 0) is 16.0 Å². The van der Waals surface area contributed by atoms with Crippen molar-refractivity contribution in [1.29, 1.82) is 0 Å². The standard InChI is InChI=1S/C20H29N3O3/c1-22-10-4-7-20(18(22)19(21)25)8-11-23(12-9-20)17(24)14-15-5-3-6-16(13-15)26-2/h3,5-6,13,18H,4,7-12,14H2,1-2H3,(H2,21,25). The predicted molar refractivity (Wildman–Crippen MR) is 99.8 cm³/mol. The van der Waals surface area contributed by atoms with Crippen molar-refractivity contribution in [1.82, 2.24) is 9.80 Å². The number of piperidine rings is 2. The van der Waals surface area contributed by atoms with Gasteiger partial charge in [0.05, 0.1) is 19.6 Å². The first-order valence-corrected chi connectivity index (χ1v) is 9.35. The molecule has 0 radical (unpaired) electrons. The fourth-order valence-corrected chi connectivity index (χ4v) is 4.73. The Morgan fingerprint density at radius 1 is 1.23 bits per heavy atom. The molecule has 0 aliphatic carbocycles. The zero-order valence-corrected chi connectivity index (χ0v) is 15.7. The van der Waals surface area contributed by atoms with Crippen molar-refractivity contribution >= 4 is 11.8 Å². The molecule has 6 nitrogen and oxygen atoms in total. The Morgan fingerprint density at radius 3 is 2.62 bits per heavy atom. The molecule has 1 unspecified atom stereocenters. The van der Waals surface area contributed by atoms with Crippen LogP contribution in [-0.4, -0.2) is 61.4 Å². The molecule has 0 aromatic heterocycles. The number of primary amides is 1. The van der Waals surface area contributed by atoms with Crippen molar-refractivity contribution in [2.45, 2.75) is 38.1 Å². The summed E-state index contributed by atoms with van der Waals surface area (Å²) < 4.78 is 5.23. The van der Waals surface area contributed by atoms with Crippen LogP contribution in [0.3, 0.4) is 0 Å². The van der Waals surface area contributed by atoms with Crippen LogP contribution in [0.1, 0.15) is 31.2 Å². The second-order valence-corrected chi connectivity index (χ2v) is 7.66. The average Bonchev–Trinajstić information content (AvgIpc) is 2.62. The molecule has 2 fully saturated rings. The molecule has 26 heavy (non-hydrogen) atoms. The van der Waals surface area contributed by atoms with Crippen LogP contribution in [0.4, 0.5) is 0 Å². The van der Waals surface area contributed by atoms with Gasteiger partial charge in [-0.05, 0) is 62.4 Å². The number of carbonyl (C=O) groups is 2. The van der Waals surface area contributed by atoms with E-state index >= 15 is 0 Å². The highest BCUT2D eigenvalue weighted by Crippen LogP contribution is 2.44. The maximum absolute atomic E-state index is 12.7. The molecule has 142 valence electrons. The SMILES string of the molecule is COc1cccc(CC(=O)N2CCC3(CCCN(C)C3C(N)=O)CC2)c1. The van der Waals surface area contributed by atoms with Gasteiger partial charge in [-0.25, -0.2) is 0 Å². The maximum Gasteiger partial charge on any atom is 0.235 e. The van der Waals surface area contributed by atoms with Gasteiger partial charge in [-0.2, -0.15) is 0 Å². The third kappa shape index (κ3) is 3.70. The number of carbonyl (C=O) groups excluding carboxylic acids is 2. The molecule has 2 heterocycles. The molecular weight excluding hydrogens is 330 g/mol. The quantitative estimate of drug-likeness (QED) is 0.882. The first-order chi connectivity index (χ1) is 12.4. The predicted octanol–water partition coefficient (Wildman–Crippen LogP) is 1.43. The van der Waals surface area contributed by atoms with E-state index in [1.165, 1.54) is 0 Å². The van der Waals surface area contributed by atoms with Crippen LogP contribution < -0.4 is 10.5 Å². The third-order valence-electron chi connectivity index (χ3n) is 6.08. The second kappa shape index (κ2) is 7.66. The molecule has 0 bridgehead atoms. The van der Waals surface area contributed by atoms with Gasteiger partial charge in [-0.15, -0.1) is 0 Å². The van der Waals surface area contributed by atoms with Gasteiger partial charge in [0.2, 0.25) is 11.8 Å². The van der Waals surface area contributed by atoms with Crippen molar-refractivity contribution in [2.75, 3.05) is 33.8 Å². The van der Waals surface area contributed by atoms with Crippen LogP contribution >= 0.6 is 0 Å². The Kier molecular flexibility index (Phi) is 5.51. The summed E-state index contributed by atoms with van der Waals surface area (Å²) in [4.78, 5) is 28.8. The molecule has 3 rings (SSSR count). The van der Waals surface area contributed by atoms with Gasteiger partial charge in [0.1, 0.15) is 5.75 Å². The highest BCUT2D eigenvalue weighted by atomic mass is 16.5. The molecule has 0 saturated carbocycles. The summed E-state index contributed by atoms with van der Waals surface area (Å²) in [6.07, 6.45) is 4.16. The molecule has 1 spiro atoms. The van der Waals surface area contributed by atoms with Gasteiger partial charge >= 0.3 is 0 Å². The van der Waals surface area contributed by atoms with Gasteiger partial charge in [-0.3, -0.25) is 14.5 Å². The second-order valence-electron chi connectivity index (χ2n) is 7.66. The number of hydrogen-bond donors (Lipinski definition) is 1. The Hall–Kier alpha value is -2.08. The van der Waals surface area contributed by atoms with E-state index in [-0.39, 0.29) is 23.3 Å². The van der Waals surface area contributed by atoms with Crippen LogP contribution in [0.25, 0.3) is 0 Å². The number of amides is 2. The minimum absolute atomic E-state index is 0.0778. The molecular formula is C20H29N3O3. The maximum atomic E-state index is 12.7. The Morgan fingerprint density at radius 2 is 1.96 bits per heavy atom. The lowest BCUT2D eigenvalue weighted by Crippen LogP contribution is -2.60. The summed E-state index contributed by atoms with van der Waals surface area (Å²) in [6.45, 7) is 2.30. The number of methoxy groups -OCH3 is 1. The van der Waals surface area contributed by atoms with Crippen LogP contribution in [0.5, 0.6) is 5.75 Å². The normalized spacial score (nSPS) is 23.0. The van der Waals surface area contributed by atoms with E-state index in [2.05, 4.69) is 4.90 Å². The van der Waals surface area contributed by atoms with Gasteiger partial charge in [0.15, 0.2) is 0 Å². The number of likely N-dealkylation sites (N-methyl/N-ethyl adjacent to an activating group) is 1. The van der Waals surface area contributed by atoms with Crippen molar-refractivity contribution in [3.8, 4) is 5.75 Å². The first kappa shape index (κ1) is 18.7. The lowest BCUT2D eigenvalue weighted by atomic mass is 9.66. The largest absolute Gasteiger partial charge is 0.497 e. The van der Waals surface area contributed by atoms with Crippen molar-refractivity contribution in [3.63, 3.8) is 0 Å². The fourth-order valence-electron chi connectivity index (χ4n) is 4.73. The number of benzene rings is 1. The van der Waals surface area contributed by atoms with Crippen LogP contribution in [0.15, 0.2) is 24.3 Å². The van der Waals surface area contributed by atoms with E-state index in [0.717, 1.165) is 43.5 Å². The van der Waals surface area contributed by atoms with Crippen molar-refractivity contribution in [3.05, 3.63) is 29.8 Å². The summed E-state index contributed by atoms with van der Waals surface area (Å²) >= 11 is 0. The van der Waals surface area contributed by atoms with Gasteiger partial charge in [0, 0.05) is 13.1 Å². The van der Waals surface area contributed by atoms with Gasteiger partial charge in [-0.1, -0.05) is 12.1 Å². The highest BCUT2D eigenvalue weighted by Gasteiger charge is 2.48. The minimum Gasteiger partial charge on any atom is -0.497 e. The van der Waals surface area contributed by atoms with E-state index in [1.807, 2.05) is 36.2 Å². The molecule has 1 atom stereocenters. The van der Waals surface area contributed by atoms with Crippen LogP contribution in [0, 0.1) is 5.41 Å². The molecule has 2 aliphatic rings. The molecule has 2 aliphatic heterocycles. The Labute approximate surface area is 155 Å². The summed E-state index contributed by atoms with van der Waals surface area (Å²) in [5.41, 5.74) is 6.60. The zero-order chi connectivity index (χ0) is 18.7. The molecule has 1 aromatic carbocycles. The van der Waals surface area contributed by atoms with Crippen molar-refractivity contribution < 1.29 is 14.3 Å². The Bertz CT molecular complexity index is 668. The number of likely N-dealkylation sites (tertiary alicyclic amines) is 2. The van der Waals surface area contributed by atoms with E-state index in [1.54, 1.807) is 7.11 Å². The molecule has 6 heteroatoms. The summed E-state index contributed by atoms with van der Waals surface area (Å²) in [5, 5.41) is 0.